The maximum atomic E-state index is 13.4. The van der Waals surface area contributed by atoms with Crippen LogP contribution in [0.4, 0.5) is 13.9 Å². The number of aromatic nitrogens is 1. The highest BCUT2D eigenvalue weighted by Gasteiger charge is 2.20. The van der Waals surface area contributed by atoms with Crippen molar-refractivity contribution in [3.8, 4) is 11.3 Å². The van der Waals surface area contributed by atoms with Crippen LogP contribution in [0.1, 0.15) is 12.5 Å². The number of nitrogens with one attached hydrogen (secondary N) is 1. The van der Waals surface area contributed by atoms with Crippen LogP contribution < -0.4 is 5.32 Å². The van der Waals surface area contributed by atoms with Crippen molar-refractivity contribution in [3.05, 3.63) is 69.0 Å². The van der Waals surface area contributed by atoms with Gasteiger partial charge in [-0.1, -0.05) is 29.3 Å². The number of carbonyl (C=O) groups is 2. The number of halogens is 4. The van der Waals surface area contributed by atoms with Crippen molar-refractivity contribution < 1.29 is 23.1 Å². The fourth-order valence-corrected chi connectivity index (χ4v) is 3.48. The van der Waals surface area contributed by atoms with E-state index in [4.69, 9.17) is 27.9 Å². The molecule has 0 saturated heterocycles. The minimum Gasteiger partial charge on any atom is -0.452 e. The number of carbonyl (C=O) groups excluding carboxylic acids is 2. The molecule has 0 radical (unpaired) electrons. The second-order valence-corrected chi connectivity index (χ2v) is 7.89. The Labute approximate surface area is 184 Å². The van der Waals surface area contributed by atoms with E-state index >= 15 is 0 Å². The van der Waals surface area contributed by atoms with Gasteiger partial charge >= 0.3 is 5.97 Å². The van der Waals surface area contributed by atoms with Gasteiger partial charge in [0.1, 0.15) is 0 Å². The van der Waals surface area contributed by atoms with Gasteiger partial charge < -0.3 is 4.74 Å². The third-order valence-electron chi connectivity index (χ3n) is 3.96. The van der Waals surface area contributed by atoms with E-state index in [1.807, 2.05) is 0 Å². The first-order valence-corrected chi connectivity index (χ1v) is 10.2. The number of hydrogen-bond acceptors (Lipinski definition) is 5. The second kappa shape index (κ2) is 9.51. The molecule has 1 atom stereocenters. The maximum absolute atomic E-state index is 13.4. The molecule has 3 rings (SSSR count). The average molecular weight is 471 g/mol. The first-order valence-electron chi connectivity index (χ1n) is 8.58. The molecule has 2 aromatic carbocycles. The van der Waals surface area contributed by atoms with Crippen molar-refractivity contribution in [2.45, 2.75) is 19.4 Å². The zero-order valence-electron chi connectivity index (χ0n) is 15.4. The van der Waals surface area contributed by atoms with E-state index in [2.05, 4.69) is 10.3 Å². The smallest absolute Gasteiger partial charge is 0.311 e. The van der Waals surface area contributed by atoms with E-state index in [1.54, 1.807) is 23.6 Å². The zero-order chi connectivity index (χ0) is 21.8. The van der Waals surface area contributed by atoms with E-state index < -0.39 is 29.6 Å². The summed E-state index contributed by atoms with van der Waals surface area (Å²) in [6.45, 7) is 1.42. The Bertz CT molecular complexity index is 1110. The molecular formula is C20H14Cl2F2N2O3S. The Morgan fingerprint density at radius 1 is 1.13 bits per heavy atom. The van der Waals surface area contributed by atoms with Gasteiger partial charge in [-0.2, -0.15) is 0 Å². The van der Waals surface area contributed by atoms with Crippen LogP contribution in [0.25, 0.3) is 11.3 Å². The molecule has 1 amide bonds. The summed E-state index contributed by atoms with van der Waals surface area (Å²) in [5.74, 6) is -3.14. The summed E-state index contributed by atoms with van der Waals surface area (Å²) >= 11 is 12.8. The van der Waals surface area contributed by atoms with Gasteiger partial charge in [-0.3, -0.25) is 14.9 Å². The summed E-state index contributed by atoms with van der Waals surface area (Å²) in [5, 5.41) is 5.03. The summed E-state index contributed by atoms with van der Waals surface area (Å²) in [4.78, 5) is 28.5. The van der Waals surface area contributed by atoms with Crippen LogP contribution in [0.2, 0.25) is 10.0 Å². The van der Waals surface area contributed by atoms with E-state index in [-0.39, 0.29) is 11.6 Å². The number of nitrogens with zero attached hydrogens (tertiary/aromatic N) is 1. The van der Waals surface area contributed by atoms with Crippen molar-refractivity contribution in [1.82, 2.24) is 4.98 Å². The van der Waals surface area contributed by atoms with Crippen LogP contribution in [0.5, 0.6) is 0 Å². The third-order valence-corrected chi connectivity index (χ3v) is 5.46. The average Bonchev–Trinajstić information content (AvgIpc) is 3.15. The van der Waals surface area contributed by atoms with Gasteiger partial charge in [0.05, 0.1) is 22.2 Å². The van der Waals surface area contributed by atoms with Gasteiger partial charge in [-0.15, -0.1) is 11.3 Å². The molecule has 1 aromatic heterocycles. The highest BCUT2D eigenvalue weighted by Crippen LogP contribution is 2.26. The highest BCUT2D eigenvalue weighted by molar-refractivity contribution is 7.14. The minimum absolute atomic E-state index is 0.0773. The Kier molecular flexibility index (Phi) is 7.02. The number of rotatable bonds is 6. The number of hydrogen-bond donors (Lipinski definition) is 1. The van der Waals surface area contributed by atoms with Crippen LogP contribution in [-0.4, -0.2) is 23.0 Å². The summed E-state index contributed by atoms with van der Waals surface area (Å²) in [7, 11) is 0. The number of ether oxygens (including phenoxy) is 1. The van der Waals surface area contributed by atoms with E-state index in [0.717, 1.165) is 23.5 Å². The van der Waals surface area contributed by atoms with Gasteiger partial charge in [-0.25, -0.2) is 13.8 Å². The summed E-state index contributed by atoms with van der Waals surface area (Å²) in [6, 6.07) is 8.14. The SMILES string of the molecule is C[C@@H](OC(=O)Cc1ccc(Cl)c(Cl)c1)C(=O)Nc1nc(-c2ccc(F)c(F)c2)cs1. The number of esters is 1. The molecule has 30 heavy (non-hydrogen) atoms. The number of anilines is 1. The van der Waals surface area contributed by atoms with Gasteiger partial charge in [0.2, 0.25) is 0 Å². The Morgan fingerprint density at radius 2 is 1.90 bits per heavy atom. The Morgan fingerprint density at radius 3 is 2.60 bits per heavy atom. The van der Waals surface area contributed by atoms with E-state index in [9.17, 15) is 18.4 Å². The number of thiazole rings is 1. The van der Waals surface area contributed by atoms with Gasteiger partial charge in [0, 0.05) is 10.9 Å². The molecule has 10 heteroatoms. The molecule has 0 unspecified atom stereocenters. The quantitative estimate of drug-likeness (QED) is 0.482. The van der Waals surface area contributed by atoms with Crippen LogP contribution in [0.3, 0.4) is 0 Å². The largest absolute Gasteiger partial charge is 0.452 e. The standard InChI is InChI=1S/C20H14Cl2F2N2O3S/c1-10(29-18(27)7-11-2-4-13(21)14(22)6-11)19(28)26-20-25-17(9-30-20)12-3-5-15(23)16(24)8-12/h2-6,8-10H,7H2,1H3,(H,25,26,28)/t10-/m1/s1. The molecule has 5 nitrogen and oxygen atoms in total. The van der Waals surface area contributed by atoms with Crippen molar-refractivity contribution in [3.63, 3.8) is 0 Å². The molecule has 1 N–H and O–H groups in total. The highest BCUT2D eigenvalue weighted by atomic mass is 35.5. The van der Waals surface area contributed by atoms with Crippen LogP contribution in [0.15, 0.2) is 41.8 Å². The van der Waals surface area contributed by atoms with Gasteiger partial charge in [-0.05, 0) is 42.8 Å². The molecule has 156 valence electrons. The van der Waals surface area contributed by atoms with Crippen LogP contribution in [-0.2, 0) is 20.7 Å². The first-order chi connectivity index (χ1) is 14.2. The maximum Gasteiger partial charge on any atom is 0.311 e. The third kappa shape index (κ3) is 5.53. The molecule has 0 fully saturated rings. The topological polar surface area (TPSA) is 68.3 Å². The summed E-state index contributed by atoms with van der Waals surface area (Å²) in [6.07, 6.45) is -1.15. The predicted octanol–water partition coefficient (Wildman–Crippen LogP) is 5.51. The van der Waals surface area contributed by atoms with Crippen molar-refractivity contribution >= 4 is 51.5 Å². The van der Waals surface area contributed by atoms with Gasteiger partial charge in [0.25, 0.3) is 5.91 Å². The lowest BCUT2D eigenvalue weighted by Crippen LogP contribution is -2.30. The second-order valence-electron chi connectivity index (χ2n) is 6.21. The lowest BCUT2D eigenvalue weighted by Gasteiger charge is -2.12. The molecule has 1 heterocycles. The summed E-state index contributed by atoms with van der Waals surface area (Å²) < 4.78 is 31.6. The number of amides is 1. The monoisotopic (exact) mass is 470 g/mol. The molecule has 0 aliphatic carbocycles. The van der Waals surface area contributed by atoms with E-state index in [0.29, 0.717) is 26.9 Å². The molecule has 0 saturated carbocycles. The Hall–Kier alpha value is -2.55. The first kappa shape index (κ1) is 22.1. The minimum atomic E-state index is -1.07. The van der Waals surface area contributed by atoms with Crippen molar-refractivity contribution in [2.75, 3.05) is 5.32 Å². The molecular weight excluding hydrogens is 457 g/mol. The van der Waals surface area contributed by atoms with Crippen molar-refractivity contribution in [1.29, 1.82) is 0 Å². The fraction of sp³-hybridized carbons (Fsp3) is 0.150. The lowest BCUT2D eigenvalue weighted by molar-refractivity contribution is -0.152. The fourth-order valence-electron chi connectivity index (χ4n) is 2.43. The molecule has 0 aliphatic rings. The zero-order valence-corrected chi connectivity index (χ0v) is 17.7. The predicted molar refractivity (Wildman–Crippen MR) is 112 cm³/mol. The van der Waals surface area contributed by atoms with Gasteiger partial charge in [0.15, 0.2) is 22.9 Å². The summed E-state index contributed by atoms with van der Waals surface area (Å²) in [5.41, 5.74) is 1.34. The van der Waals surface area contributed by atoms with Crippen LogP contribution in [0, 0.1) is 11.6 Å². The lowest BCUT2D eigenvalue weighted by atomic mass is 10.1. The molecule has 0 bridgehead atoms. The molecule has 3 aromatic rings. The normalized spacial score (nSPS) is 11.8. The van der Waals surface area contributed by atoms with E-state index in [1.165, 1.54) is 13.0 Å². The van der Waals surface area contributed by atoms with Crippen molar-refractivity contribution in [2.24, 2.45) is 0 Å². The molecule has 0 aliphatic heterocycles. The Balaban J connectivity index is 1.57. The number of benzene rings is 2. The molecule has 0 spiro atoms. The van der Waals surface area contributed by atoms with Crippen LogP contribution >= 0.6 is 34.5 Å².